The van der Waals surface area contributed by atoms with Crippen molar-refractivity contribution >= 4 is 0 Å². The van der Waals surface area contributed by atoms with Gasteiger partial charge in [-0.25, -0.2) is 0 Å². The molecule has 6 heteroatoms. The SMILES string of the molecule is Cc1ccc(CN2CCC[C@H](N3CCN(Cc4ccc5c(c4)OCO5)CC3)C2)o1. The van der Waals surface area contributed by atoms with Crippen molar-refractivity contribution < 1.29 is 13.9 Å². The molecule has 0 aliphatic carbocycles. The van der Waals surface area contributed by atoms with Crippen molar-refractivity contribution in [1.29, 1.82) is 0 Å². The summed E-state index contributed by atoms with van der Waals surface area (Å²) < 4.78 is 16.7. The Kier molecular flexibility index (Phi) is 5.48. The normalized spacial score (nSPS) is 23.6. The lowest BCUT2D eigenvalue weighted by atomic mass is 10.0. The van der Waals surface area contributed by atoms with Gasteiger partial charge >= 0.3 is 0 Å². The molecule has 1 aromatic heterocycles. The Hall–Kier alpha value is -2.02. The van der Waals surface area contributed by atoms with Crippen LogP contribution in [-0.4, -0.2) is 66.8 Å². The average Bonchev–Trinajstić information content (AvgIpc) is 3.37. The van der Waals surface area contributed by atoms with Gasteiger partial charge in [0.25, 0.3) is 0 Å². The average molecular weight is 398 g/mol. The van der Waals surface area contributed by atoms with Crippen molar-refractivity contribution in [3.8, 4) is 11.5 Å². The van der Waals surface area contributed by atoms with Gasteiger partial charge < -0.3 is 13.9 Å². The van der Waals surface area contributed by atoms with Crippen LogP contribution in [0, 0.1) is 6.92 Å². The van der Waals surface area contributed by atoms with Crippen LogP contribution in [0.1, 0.15) is 29.9 Å². The highest BCUT2D eigenvalue weighted by Crippen LogP contribution is 2.33. The molecule has 4 heterocycles. The maximum Gasteiger partial charge on any atom is 0.231 e. The number of nitrogens with zero attached hydrogens (tertiary/aromatic N) is 3. The molecule has 5 rings (SSSR count). The van der Waals surface area contributed by atoms with Crippen LogP contribution in [0.15, 0.2) is 34.7 Å². The molecule has 6 nitrogen and oxygen atoms in total. The zero-order chi connectivity index (χ0) is 19.6. The molecule has 3 aliphatic rings. The molecule has 3 aliphatic heterocycles. The zero-order valence-electron chi connectivity index (χ0n) is 17.3. The molecule has 2 fully saturated rings. The monoisotopic (exact) mass is 397 g/mol. The van der Waals surface area contributed by atoms with Crippen LogP contribution in [0.2, 0.25) is 0 Å². The molecule has 0 saturated carbocycles. The standard InChI is InChI=1S/C23H31N3O3/c1-18-4-6-21(29-18)16-25-8-2-3-20(15-25)26-11-9-24(10-12-26)14-19-5-7-22-23(13-19)28-17-27-22/h4-7,13,20H,2-3,8-12,14-17H2,1H3/t20-/m0/s1. The molecule has 29 heavy (non-hydrogen) atoms. The van der Waals surface area contributed by atoms with Crippen LogP contribution in [0.25, 0.3) is 0 Å². The molecular formula is C23H31N3O3. The predicted octanol–water partition coefficient (Wildman–Crippen LogP) is 3.10. The predicted molar refractivity (Wildman–Crippen MR) is 111 cm³/mol. The first-order chi connectivity index (χ1) is 14.2. The van der Waals surface area contributed by atoms with Crippen LogP contribution in [0.5, 0.6) is 11.5 Å². The number of piperazine rings is 1. The Bertz CT molecular complexity index is 829. The summed E-state index contributed by atoms with van der Waals surface area (Å²) in [6.07, 6.45) is 2.59. The molecule has 0 bridgehead atoms. The van der Waals surface area contributed by atoms with Gasteiger partial charge in [0, 0.05) is 45.3 Å². The third kappa shape index (κ3) is 4.44. The number of hydrogen-bond donors (Lipinski definition) is 0. The quantitative estimate of drug-likeness (QED) is 0.772. The van der Waals surface area contributed by atoms with Crippen molar-refractivity contribution in [2.75, 3.05) is 46.1 Å². The molecule has 2 saturated heterocycles. The third-order valence-electron chi connectivity index (χ3n) is 6.42. The fraction of sp³-hybridized carbons (Fsp3) is 0.565. The topological polar surface area (TPSA) is 41.3 Å². The minimum atomic E-state index is 0.343. The Morgan fingerprint density at radius 1 is 0.897 bits per heavy atom. The van der Waals surface area contributed by atoms with E-state index in [1.807, 2.05) is 13.0 Å². The molecule has 2 aromatic rings. The van der Waals surface area contributed by atoms with Gasteiger partial charge in [0.2, 0.25) is 6.79 Å². The van der Waals surface area contributed by atoms with Crippen LogP contribution < -0.4 is 9.47 Å². The van der Waals surface area contributed by atoms with E-state index in [-0.39, 0.29) is 0 Å². The molecule has 1 atom stereocenters. The number of aryl methyl sites for hydroxylation is 1. The zero-order valence-corrected chi connectivity index (χ0v) is 17.3. The van der Waals surface area contributed by atoms with Crippen molar-refractivity contribution in [1.82, 2.24) is 14.7 Å². The van der Waals surface area contributed by atoms with Gasteiger partial charge in [0.1, 0.15) is 11.5 Å². The number of furan rings is 1. The highest BCUT2D eigenvalue weighted by Gasteiger charge is 2.28. The Morgan fingerprint density at radius 3 is 2.59 bits per heavy atom. The first-order valence-electron chi connectivity index (χ1n) is 10.9. The van der Waals surface area contributed by atoms with Gasteiger partial charge in [0.05, 0.1) is 6.54 Å². The molecule has 0 radical (unpaired) electrons. The minimum absolute atomic E-state index is 0.343. The van der Waals surface area contributed by atoms with Crippen molar-refractivity contribution in [3.63, 3.8) is 0 Å². The third-order valence-corrected chi connectivity index (χ3v) is 6.42. The largest absolute Gasteiger partial charge is 0.465 e. The van der Waals surface area contributed by atoms with Gasteiger partial charge in [-0.05, 0) is 56.1 Å². The van der Waals surface area contributed by atoms with E-state index >= 15 is 0 Å². The Labute approximate surface area is 173 Å². The Balaban J connectivity index is 1.11. The second kappa shape index (κ2) is 8.38. The number of piperidine rings is 1. The smallest absolute Gasteiger partial charge is 0.231 e. The van der Waals surface area contributed by atoms with Gasteiger partial charge in [0.15, 0.2) is 11.5 Å². The van der Waals surface area contributed by atoms with Crippen LogP contribution in [-0.2, 0) is 13.1 Å². The fourth-order valence-corrected chi connectivity index (χ4v) is 4.85. The van der Waals surface area contributed by atoms with E-state index in [4.69, 9.17) is 13.9 Å². The molecule has 0 N–H and O–H groups in total. The lowest BCUT2D eigenvalue weighted by Gasteiger charge is -2.43. The molecule has 0 amide bonds. The summed E-state index contributed by atoms with van der Waals surface area (Å²) in [6, 6.07) is 11.2. The minimum Gasteiger partial charge on any atom is -0.465 e. The molecule has 1 aromatic carbocycles. The summed E-state index contributed by atoms with van der Waals surface area (Å²) in [4.78, 5) is 7.82. The summed E-state index contributed by atoms with van der Waals surface area (Å²) >= 11 is 0. The lowest BCUT2D eigenvalue weighted by Crippen LogP contribution is -2.54. The fourth-order valence-electron chi connectivity index (χ4n) is 4.85. The summed E-state index contributed by atoms with van der Waals surface area (Å²) in [5.74, 6) is 3.85. The van der Waals surface area contributed by atoms with E-state index < -0.39 is 0 Å². The van der Waals surface area contributed by atoms with Gasteiger partial charge in [-0.3, -0.25) is 14.7 Å². The number of fused-ring (bicyclic) bond motifs is 1. The van der Waals surface area contributed by atoms with E-state index in [0.717, 1.165) is 68.8 Å². The van der Waals surface area contributed by atoms with Gasteiger partial charge in [-0.15, -0.1) is 0 Å². The summed E-state index contributed by atoms with van der Waals surface area (Å²) in [5.41, 5.74) is 1.31. The van der Waals surface area contributed by atoms with Crippen molar-refractivity contribution in [2.24, 2.45) is 0 Å². The van der Waals surface area contributed by atoms with Crippen LogP contribution in [0.3, 0.4) is 0 Å². The highest BCUT2D eigenvalue weighted by atomic mass is 16.7. The number of ether oxygens (including phenoxy) is 2. The maximum atomic E-state index is 5.79. The van der Waals surface area contributed by atoms with E-state index in [1.165, 1.54) is 24.9 Å². The summed E-state index contributed by atoms with van der Waals surface area (Å²) in [7, 11) is 0. The van der Waals surface area contributed by atoms with Crippen LogP contribution in [0.4, 0.5) is 0 Å². The number of rotatable bonds is 5. The van der Waals surface area contributed by atoms with E-state index in [9.17, 15) is 0 Å². The van der Waals surface area contributed by atoms with E-state index in [2.05, 4.69) is 39.0 Å². The molecule has 156 valence electrons. The molecular weight excluding hydrogens is 366 g/mol. The maximum absolute atomic E-state index is 5.79. The van der Waals surface area contributed by atoms with E-state index in [1.54, 1.807) is 0 Å². The summed E-state index contributed by atoms with van der Waals surface area (Å²) in [6.45, 7) is 11.2. The highest BCUT2D eigenvalue weighted by molar-refractivity contribution is 5.44. The van der Waals surface area contributed by atoms with Crippen molar-refractivity contribution in [2.45, 2.75) is 38.9 Å². The first kappa shape index (κ1) is 19.0. The lowest BCUT2D eigenvalue weighted by molar-refractivity contribution is 0.0458. The number of likely N-dealkylation sites (tertiary alicyclic amines) is 1. The van der Waals surface area contributed by atoms with Crippen molar-refractivity contribution in [3.05, 3.63) is 47.4 Å². The Morgan fingerprint density at radius 2 is 1.76 bits per heavy atom. The first-order valence-corrected chi connectivity index (χ1v) is 10.9. The second-order valence-corrected chi connectivity index (χ2v) is 8.54. The van der Waals surface area contributed by atoms with Crippen LogP contribution >= 0.6 is 0 Å². The molecule has 0 unspecified atom stereocenters. The van der Waals surface area contributed by atoms with E-state index in [0.29, 0.717) is 12.8 Å². The van der Waals surface area contributed by atoms with Gasteiger partial charge in [-0.1, -0.05) is 6.07 Å². The second-order valence-electron chi connectivity index (χ2n) is 8.54. The van der Waals surface area contributed by atoms with Gasteiger partial charge in [-0.2, -0.15) is 0 Å². The summed E-state index contributed by atoms with van der Waals surface area (Å²) in [5, 5.41) is 0. The molecule has 0 spiro atoms. The number of hydrogen-bond acceptors (Lipinski definition) is 6. The number of benzene rings is 1.